The quantitative estimate of drug-likeness (QED) is 0.187. The monoisotopic (exact) mass is 547 g/mol. The lowest BCUT2D eigenvalue weighted by Crippen LogP contribution is -2.21. The van der Waals surface area contributed by atoms with Gasteiger partial charge in [-0.1, -0.05) is 24.3 Å². The highest BCUT2D eigenvalue weighted by molar-refractivity contribution is 7.89. The molecule has 0 unspecified atom stereocenters. The molecule has 0 spiro atoms. The second kappa shape index (κ2) is 9.67. The van der Waals surface area contributed by atoms with E-state index in [9.17, 15) is 33.3 Å². The zero-order valence-electron chi connectivity index (χ0n) is 20.0. The summed E-state index contributed by atoms with van der Waals surface area (Å²) in [6.45, 7) is 0. The molecule has 7 N–H and O–H groups in total. The fourth-order valence-electron chi connectivity index (χ4n) is 4.44. The number of nitrogens with one attached hydrogen (secondary N) is 2. The summed E-state index contributed by atoms with van der Waals surface area (Å²) in [6.07, 6.45) is 0. The number of carboxylic acid groups (broad SMARTS) is 1. The third-order valence-corrected chi connectivity index (χ3v) is 7.02. The molecule has 1 heterocycles. The molecule has 12 heteroatoms. The predicted molar refractivity (Wildman–Crippen MR) is 141 cm³/mol. The molecule has 0 radical (unpaired) electrons. The average molecular weight is 548 g/mol. The number of carbonyl (C=O) groups is 2. The number of aromatic carboxylic acids is 1. The predicted octanol–water partition coefficient (Wildman–Crippen LogP) is 4.37. The van der Waals surface area contributed by atoms with Gasteiger partial charge in [-0.3, -0.25) is 0 Å². The Morgan fingerprint density at radius 1 is 0.769 bits per heavy atom. The third-order valence-electron chi connectivity index (χ3n) is 6.11. The van der Waals surface area contributed by atoms with Gasteiger partial charge in [0.2, 0.25) is 10.0 Å². The Labute approximate surface area is 222 Å². The number of phenolic OH excluding ortho intramolecular Hbond substituents is 2. The Hall–Kier alpha value is -5.07. The molecule has 39 heavy (non-hydrogen) atoms. The number of amides is 2. The molecular formula is C27H21N3O8S. The Balaban J connectivity index is 1.49. The summed E-state index contributed by atoms with van der Waals surface area (Å²) in [6, 6.07) is 18.0. The van der Waals surface area contributed by atoms with E-state index >= 15 is 0 Å². The molecule has 0 bridgehead atoms. The first-order valence-electron chi connectivity index (χ1n) is 11.4. The van der Waals surface area contributed by atoms with E-state index in [1.54, 1.807) is 18.2 Å². The molecule has 4 aromatic carbocycles. The van der Waals surface area contributed by atoms with Gasteiger partial charge >= 0.3 is 12.0 Å². The first-order chi connectivity index (χ1) is 18.5. The first kappa shape index (κ1) is 25.6. The molecule has 0 fully saturated rings. The van der Waals surface area contributed by atoms with E-state index in [4.69, 9.17) is 9.88 Å². The van der Waals surface area contributed by atoms with Crippen molar-refractivity contribution < 1.29 is 38.1 Å². The molecule has 198 valence electrons. The van der Waals surface area contributed by atoms with Crippen molar-refractivity contribution in [1.82, 2.24) is 0 Å². The largest absolute Gasteiger partial charge is 0.508 e. The van der Waals surface area contributed by atoms with Gasteiger partial charge in [-0.2, -0.15) is 0 Å². The lowest BCUT2D eigenvalue weighted by molar-refractivity contribution is 0.0695. The van der Waals surface area contributed by atoms with Gasteiger partial charge in [0.15, 0.2) is 0 Å². The number of fused-ring (bicyclic) bond motifs is 2. The number of primary sulfonamides is 1. The molecule has 0 aliphatic carbocycles. The highest BCUT2D eigenvalue weighted by Gasteiger charge is 2.32. The fraction of sp³-hybridized carbons (Fsp3) is 0.0370. The van der Waals surface area contributed by atoms with Crippen LogP contribution in [0.25, 0.3) is 0 Å². The number of hydrogen-bond donors (Lipinski definition) is 6. The minimum atomic E-state index is -3.97. The molecular weight excluding hydrogens is 526 g/mol. The van der Waals surface area contributed by atoms with Crippen LogP contribution < -0.4 is 20.5 Å². The Bertz CT molecular complexity index is 1700. The van der Waals surface area contributed by atoms with Crippen molar-refractivity contribution in [1.29, 1.82) is 0 Å². The molecule has 1 aliphatic heterocycles. The molecule has 0 atom stereocenters. The maximum atomic E-state index is 12.6. The number of ether oxygens (including phenoxy) is 1. The van der Waals surface area contributed by atoms with Gasteiger partial charge in [0.05, 0.1) is 10.5 Å². The van der Waals surface area contributed by atoms with E-state index in [0.29, 0.717) is 28.2 Å². The van der Waals surface area contributed by atoms with Crippen molar-refractivity contribution in [3.63, 3.8) is 0 Å². The molecule has 0 saturated heterocycles. The number of phenols is 2. The van der Waals surface area contributed by atoms with E-state index < -0.39 is 27.9 Å². The summed E-state index contributed by atoms with van der Waals surface area (Å²) in [5.41, 5.74) is 1.81. The van der Waals surface area contributed by atoms with Crippen LogP contribution in [0.3, 0.4) is 0 Å². The minimum Gasteiger partial charge on any atom is -0.508 e. The number of sulfonamides is 1. The van der Waals surface area contributed by atoms with Gasteiger partial charge in [-0.25, -0.2) is 23.1 Å². The number of carboxylic acids is 1. The first-order valence-corrected chi connectivity index (χ1v) is 13.0. The lowest BCUT2D eigenvalue weighted by Gasteiger charge is -2.29. The molecule has 5 rings (SSSR count). The van der Waals surface area contributed by atoms with Crippen molar-refractivity contribution in [2.45, 2.75) is 10.8 Å². The zero-order valence-corrected chi connectivity index (χ0v) is 20.8. The van der Waals surface area contributed by atoms with Crippen molar-refractivity contribution >= 4 is 33.4 Å². The normalized spacial score (nSPS) is 12.5. The number of carbonyl (C=O) groups excluding carboxylic acids is 1. The molecule has 4 aromatic rings. The van der Waals surface area contributed by atoms with Crippen LogP contribution in [0.1, 0.15) is 33.0 Å². The van der Waals surface area contributed by atoms with Gasteiger partial charge in [-0.15, -0.1) is 0 Å². The van der Waals surface area contributed by atoms with Crippen molar-refractivity contribution in [2.75, 3.05) is 10.6 Å². The SMILES string of the molecule is NS(=O)(=O)c1cccc(NC(=O)Nc2ccc(C3c4ccc(O)cc4Oc4cc(O)ccc43)c(C(=O)O)c2)c1. The maximum Gasteiger partial charge on any atom is 0.336 e. The van der Waals surface area contributed by atoms with E-state index in [1.807, 2.05) is 0 Å². The standard InChI is InChI=1S/C27H21N3O8S/c28-39(36,37)18-3-1-2-14(10-18)29-27(35)30-15-4-7-19(22(11-15)26(33)34)25-20-8-5-16(31)12-23(20)38-24-13-17(32)6-9-21(24)25/h1-13,25,31-32H,(H,33,34)(H2,28,36,37)(H2,29,30,35). The number of nitrogens with two attached hydrogens (primary N) is 1. The Morgan fingerprint density at radius 3 is 1.90 bits per heavy atom. The molecule has 11 nitrogen and oxygen atoms in total. The van der Waals surface area contributed by atoms with Crippen LogP contribution in [-0.4, -0.2) is 35.7 Å². The fourth-order valence-corrected chi connectivity index (χ4v) is 5.00. The third kappa shape index (κ3) is 5.19. The minimum absolute atomic E-state index is 0.0466. The summed E-state index contributed by atoms with van der Waals surface area (Å²) < 4.78 is 29.0. The van der Waals surface area contributed by atoms with Gasteiger partial charge in [0, 0.05) is 40.6 Å². The number of urea groups is 1. The molecule has 0 saturated carbocycles. The van der Waals surface area contributed by atoms with Crippen LogP contribution in [0, 0.1) is 0 Å². The van der Waals surface area contributed by atoms with Gasteiger partial charge in [-0.05, 0) is 48.0 Å². The van der Waals surface area contributed by atoms with Crippen LogP contribution in [-0.2, 0) is 10.0 Å². The van der Waals surface area contributed by atoms with Gasteiger partial charge in [0.25, 0.3) is 0 Å². The molecule has 2 amide bonds. The number of anilines is 2. The Morgan fingerprint density at radius 2 is 1.33 bits per heavy atom. The second-order valence-corrected chi connectivity index (χ2v) is 10.3. The topological polar surface area (TPSA) is 188 Å². The highest BCUT2D eigenvalue weighted by atomic mass is 32.2. The van der Waals surface area contributed by atoms with E-state index in [1.165, 1.54) is 60.7 Å². The average Bonchev–Trinajstić information content (AvgIpc) is 2.86. The molecule has 1 aliphatic rings. The van der Waals surface area contributed by atoms with E-state index in [0.717, 1.165) is 0 Å². The van der Waals surface area contributed by atoms with Crippen LogP contribution >= 0.6 is 0 Å². The number of rotatable bonds is 5. The number of aromatic hydroxyl groups is 2. The molecule has 0 aromatic heterocycles. The summed E-state index contributed by atoms with van der Waals surface area (Å²) >= 11 is 0. The van der Waals surface area contributed by atoms with Crippen LogP contribution in [0.5, 0.6) is 23.0 Å². The van der Waals surface area contributed by atoms with Gasteiger partial charge < -0.3 is 30.7 Å². The van der Waals surface area contributed by atoms with Crippen LogP contribution in [0.2, 0.25) is 0 Å². The Kier molecular flexibility index (Phi) is 6.34. The van der Waals surface area contributed by atoms with Crippen molar-refractivity contribution in [2.24, 2.45) is 5.14 Å². The van der Waals surface area contributed by atoms with Crippen molar-refractivity contribution in [3.8, 4) is 23.0 Å². The smallest absolute Gasteiger partial charge is 0.336 e. The zero-order chi connectivity index (χ0) is 27.9. The lowest BCUT2D eigenvalue weighted by atomic mass is 9.80. The van der Waals surface area contributed by atoms with E-state index in [-0.39, 0.29) is 33.3 Å². The summed E-state index contributed by atoms with van der Waals surface area (Å²) in [5, 5.41) is 40.2. The van der Waals surface area contributed by atoms with Gasteiger partial charge in [0.1, 0.15) is 23.0 Å². The van der Waals surface area contributed by atoms with E-state index in [2.05, 4.69) is 10.6 Å². The number of hydrogen-bond acceptors (Lipinski definition) is 7. The second-order valence-electron chi connectivity index (χ2n) is 8.74. The van der Waals surface area contributed by atoms with Crippen molar-refractivity contribution in [3.05, 3.63) is 101 Å². The van der Waals surface area contributed by atoms with Crippen LogP contribution in [0.4, 0.5) is 16.2 Å². The summed E-state index contributed by atoms with van der Waals surface area (Å²) in [4.78, 5) is 24.8. The number of benzene rings is 4. The summed E-state index contributed by atoms with van der Waals surface area (Å²) in [7, 11) is -3.97. The summed E-state index contributed by atoms with van der Waals surface area (Å²) in [5.74, 6) is -1.36. The maximum absolute atomic E-state index is 12.6. The van der Waals surface area contributed by atoms with Crippen LogP contribution in [0.15, 0.2) is 83.8 Å². The highest BCUT2D eigenvalue weighted by Crippen LogP contribution is 2.49.